The van der Waals surface area contributed by atoms with Crippen LogP contribution in [0.15, 0.2) is 24.3 Å². The molecule has 1 aromatic carbocycles. The highest BCUT2D eigenvalue weighted by atomic mass is 16.5. The molecule has 31 heavy (non-hydrogen) atoms. The Morgan fingerprint density at radius 3 is 1.68 bits per heavy atom. The molecule has 0 unspecified atom stereocenters. The molecule has 0 aliphatic rings. The maximum absolute atomic E-state index is 9.95. The molecule has 1 rings (SSSR count). The van der Waals surface area contributed by atoms with E-state index in [1.54, 1.807) is 7.11 Å². The first-order valence-corrected chi connectivity index (χ1v) is 12.7. The van der Waals surface area contributed by atoms with E-state index in [0.717, 1.165) is 24.3 Å². The van der Waals surface area contributed by atoms with Crippen LogP contribution in [0, 0.1) is 0 Å². The van der Waals surface area contributed by atoms with E-state index in [1.165, 1.54) is 83.5 Å². The molecule has 0 saturated heterocycles. The van der Waals surface area contributed by atoms with Crippen LogP contribution in [0.2, 0.25) is 0 Å². The molecule has 0 aromatic heterocycles. The molecule has 0 amide bonds. The van der Waals surface area contributed by atoms with Gasteiger partial charge in [-0.05, 0) is 24.1 Å². The minimum absolute atomic E-state index is 0.296. The lowest BCUT2D eigenvalue weighted by atomic mass is 10.0. The summed E-state index contributed by atoms with van der Waals surface area (Å²) in [6.45, 7) is 4.14. The minimum atomic E-state index is -0.565. The van der Waals surface area contributed by atoms with Crippen LogP contribution >= 0.6 is 0 Å². The van der Waals surface area contributed by atoms with E-state index >= 15 is 0 Å². The molecule has 1 aromatic rings. The van der Waals surface area contributed by atoms with Crippen molar-refractivity contribution in [3.8, 4) is 5.75 Å². The van der Waals surface area contributed by atoms with Crippen LogP contribution in [0.5, 0.6) is 5.75 Å². The molecule has 4 heteroatoms. The number of aliphatic hydroxyl groups is 1. The number of rotatable bonds is 22. The summed E-state index contributed by atoms with van der Waals surface area (Å²) in [6, 6.07) is 7.76. The minimum Gasteiger partial charge on any atom is -0.497 e. The van der Waals surface area contributed by atoms with E-state index in [4.69, 9.17) is 14.2 Å². The first kappa shape index (κ1) is 27.9. The second-order valence-electron chi connectivity index (χ2n) is 8.69. The van der Waals surface area contributed by atoms with Crippen molar-refractivity contribution in [1.29, 1.82) is 0 Å². The number of ether oxygens (including phenoxy) is 3. The van der Waals surface area contributed by atoms with Crippen molar-refractivity contribution in [1.82, 2.24) is 0 Å². The predicted octanol–water partition coefficient (Wildman–Crippen LogP) is 7.07. The Hall–Kier alpha value is -1.10. The fraction of sp³-hybridized carbons (Fsp3) is 0.778. The lowest BCUT2D eigenvalue weighted by Crippen LogP contribution is -2.22. The normalized spacial score (nSPS) is 12.2. The summed E-state index contributed by atoms with van der Waals surface area (Å²) in [6.07, 6.45) is 18.5. The van der Waals surface area contributed by atoms with Crippen LogP contribution in [-0.4, -0.2) is 38.1 Å². The molecule has 180 valence electrons. The van der Waals surface area contributed by atoms with Crippen molar-refractivity contribution >= 4 is 0 Å². The molecule has 0 fully saturated rings. The van der Waals surface area contributed by atoms with Gasteiger partial charge in [0.2, 0.25) is 0 Å². The monoisotopic (exact) mass is 436 g/mol. The summed E-state index contributed by atoms with van der Waals surface area (Å²) >= 11 is 0. The highest BCUT2D eigenvalue weighted by Crippen LogP contribution is 2.13. The Morgan fingerprint density at radius 1 is 0.677 bits per heavy atom. The van der Waals surface area contributed by atoms with E-state index in [1.807, 2.05) is 24.3 Å². The maximum atomic E-state index is 9.95. The zero-order valence-corrected chi connectivity index (χ0v) is 20.3. The average molecular weight is 437 g/mol. The number of hydrogen-bond donors (Lipinski definition) is 1. The fourth-order valence-electron chi connectivity index (χ4n) is 3.70. The molecule has 0 spiro atoms. The van der Waals surface area contributed by atoms with Crippen molar-refractivity contribution in [3.05, 3.63) is 29.8 Å². The van der Waals surface area contributed by atoms with E-state index in [-0.39, 0.29) is 0 Å². The Kier molecular flexibility index (Phi) is 18.7. The van der Waals surface area contributed by atoms with Gasteiger partial charge >= 0.3 is 0 Å². The van der Waals surface area contributed by atoms with Crippen LogP contribution in [0.1, 0.15) is 102 Å². The third kappa shape index (κ3) is 17.2. The smallest absolute Gasteiger partial charge is 0.118 e. The Labute approximate surface area is 191 Å². The van der Waals surface area contributed by atoms with Crippen molar-refractivity contribution < 1.29 is 19.3 Å². The van der Waals surface area contributed by atoms with Crippen LogP contribution < -0.4 is 4.74 Å². The molecule has 0 aliphatic heterocycles. The first-order valence-electron chi connectivity index (χ1n) is 12.7. The molecular weight excluding hydrogens is 388 g/mol. The van der Waals surface area contributed by atoms with Crippen molar-refractivity contribution in [3.63, 3.8) is 0 Å². The topological polar surface area (TPSA) is 47.9 Å². The quantitative estimate of drug-likeness (QED) is 0.197. The van der Waals surface area contributed by atoms with Gasteiger partial charge in [0.15, 0.2) is 0 Å². The van der Waals surface area contributed by atoms with Gasteiger partial charge in [-0.1, -0.05) is 103 Å². The lowest BCUT2D eigenvalue weighted by molar-refractivity contribution is -0.0239. The van der Waals surface area contributed by atoms with Gasteiger partial charge in [0.05, 0.1) is 26.9 Å². The van der Waals surface area contributed by atoms with Crippen LogP contribution in [0.25, 0.3) is 0 Å². The number of methoxy groups -OCH3 is 1. The third-order valence-electron chi connectivity index (χ3n) is 5.69. The highest BCUT2D eigenvalue weighted by Gasteiger charge is 2.05. The number of benzene rings is 1. The highest BCUT2D eigenvalue weighted by molar-refractivity contribution is 5.26. The Bertz CT molecular complexity index is 489. The standard InChI is InChI=1S/C27H48O4/c1-3-4-5-6-7-8-9-10-11-12-13-14-15-16-21-30-23-26(28)24-31-22-25-17-19-27(29-2)20-18-25/h17-20,26,28H,3-16,21-24H2,1-2H3/t26-/m1/s1. The van der Waals surface area contributed by atoms with Gasteiger partial charge in [0, 0.05) is 6.61 Å². The van der Waals surface area contributed by atoms with E-state index in [2.05, 4.69) is 6.92 Å². The summed E-state index contributed by atoms with van der Waals surface area (Å²) in [5.41, 5.74) is 1.07. The molecule has 0 bridgehead atoms. The fourth-order valence-corrected chi connectivity index (χ4v) is 3.70. The molecule has 1 atom stereocenters. The van der Waals surface area contributed by atoms with Crippen molar-refractivity contribution in [2.45, 2.75) is 110 Å². The van der Waals surface area contributed by atoms with Crippen LogP contribution in [0.4, 0.5) is 0 Å². The number of unbranched alkanes of at least 4 members (excludes halogenated alkanes) is 13. The Balaban J connectivity index is 1.79. The number of aliphatic hydroxyl groups excluding tert-OH is 1. The molecule has 0 saturated carbocycles. The lowest BCUT2D eigenvalue weighted by Gasteiger charge is -2.12. The van der Waals surface area contributed by atoms with Gasteiger partial charge in [0.25, 0.3) is 0 Å². The van der Waals surface area contributed by atoms with Gasteiger partial charge < -0.3 is 19.3 Å². The second kappa shape index (κ2) is 20.8. The van der Waals surface area contributed by atoms with E-state index in [0.29, 0.717) is 19.8 Å². The largest absolute Gasteiger partial charge is 0.497 e. The van der Waals surface area contributed by atoms with E-state index < -0.39 is 6.10 Å². The van der Waals surface area contributed by atoms with Crippen molar-refractivity contribution in [2.75, 3.05) is 26.9 Å². The van der Waals surface area contributed by atoms with E-state index in [9.17, 15) is 5.11 Å². The zero-order valence-electron chi connectivity index (χ0n) is 20.3. The van der Waals surface area contributed by atoms with Gasteiger partial charge in [-0.15, -0.1) is 0 Å². The summed E-state index contributed by atoms with van der Waals surface area (Å²) < 4.78 is 16.3. The van der Waals surface area contributed by atoms with Crippen LogP contribution in [-0.2, 0) is 16.1 Å². The molecule has 0 radical (unpaired) electrons. The Morgan fingerprint density at radius 2 is 1.16 bits per heavy atom. The molecular formula is C27H48O4. The summed E-state index contributed by atoms with van der Waals surface area (Å²) in [5.74, 6) is 0.834. The summed E-state index contributed by atoms with van der Waals surface area (Å²) in [7, 11) is 1.65. The zero-order chi connectivity index (χ0) is 22.4. The SMILES string of the molecule is CCCCCCCCCCCCCCCCOC[C@@H](O)COCc1ccc(OC)cc1. The van der Waals surface area contributed by atoms with Crippen molar-refractivity contribution in [2.24, 2.45) is 0 Å². The first-order chi connectivity index (χ1) is 15.3. The summed E-state index contributed by atoms with van der Waals surface area (Å²) in [5, 5.41) is 9.95. The maximum Gasteiger partial charge on any atom is 0.118 e. The number of hydrogen-bond acceptors (Lipinski definition) is 4. The summed E-state index contributed by atoms with van der Waals surface area (Å²) in [4.78, 5) is 0. The molecule has 0 heterocycles. The molecule has 4 nitrogen and oxygen atoms in total. The van der Waals surface area contributed by atoms with Gasteiger partial charge in [-0.2, -0.15) is 0 Å². The third-order valence-corrected chi connectivity index (χ3v) is 5.69. The predicted molar refractivity (Wildman–Crippen MR) is 130 cm³/mol. The molecule has 1 N–H and O–H groups in total. The second-order valence-corrected chi connectivity index (χ2v) is 8.69. The van der Waals surface area contributed by atoms with Crippen LogP contribution in [0.3, 0.4) is 0 Å². The molecule has 0 aliphatic carbocycles. The van der Waals surface area contributed by atoms with Gasteiger partial charge in [0.1, 0.15) is 11.9 Å². The van der Waals surface area contributed by atoms with Gasteiger partial charge in [-0.25, -0.2) is 0 Å². The van der Waals surface area contributed by atoms with Gasteiger partial charge in [-0.3, -0.25) is 0 Å². The average Bonchev–Trinajstić information content (AvgIpc) is 2.79.